The Bertz CT molecular complexity index is 62.8. The molecule has 8 heavy (non-hydrogen) atoms. The molecule has 1 saturated heterocycles. The third kappa shape index (κ3) is 1.48. The summed E-state index contributed by atoms with van der Waals surface area (Å²) in [4.78, 5) is 0. The van der Waals surface area contributed by atoms with Gasteiger partial charge in [0.15, 0.2) is 0 Å². The zero-order valence-electron chi connectivity index (χ0n) is 5.26. The first-order valence-corrected chi connectivity index (χ1v) is 3.16. The van der Waals surface area contributed by atoms with E-state index >= 15 is 0 Å². The molecule has 1 nitrogen and oxygen atoms in total. The highest BCUT2D eigenvalue weighted by atomic mass is 16.5. The van der Waals surface area contributed by atoms with Crippen molar-refractivity contribution in [3.63, 3.8) is 0 Å². The Balaban J connectivity index is 2.23. The van der Waals surface area contributed by atoms with E-state index in [1.54, 1.807) is 0 Å². The summed E-state index contributed by atoms with van der Waals surface area (Å²) in [5.74, 6) is 0.388. The molecule has 1 fully saturated rings. The second-order valence-electron chi connectivity index (χ2n) is 2.47. The van der Waals surface area contributed by atoms with Crippen molar-refractivity contribution in [3.8, 4) is 0 Å². The maximum Gasteiger partial charge on any atom is 0.0549 e. The van der Waals surface area contributed by atoms with E-state index in [0.717, 1.165) is 19.4 Å². The molecule has 0 aromatic rings. The van der Waals surface area contributed by atoms with Crippen LogP contribution in [0.3, 0.4) is 0 Å². The summed E-state index contributed by atoms with van der Waals surface area (Å²) in [5, 5.41) is 0. The summed E-state index contributed by atoms with van der Waals surface area (Å²) in [6.45, 7) is 8.56. The van der Waals surface area contributed by atoms with Crippen LogP contribution in [0.4, 0.5) is 0 Å². The van der Waals surface area contributed by atoms with Crippen LogP contribution in [0, 0.1) is 12.8 Å². The van der Waals surface area contributed by atoms with Crippen molar-refractivity contribution in [3.05, 3.63) is 6.92 Å². The van der Waals surface area contributed by atoms with Crippen molar-refractivity contribution in [1.29, 1.82) is 0 Å². The Hall–Kier alpha value is -0.0400. The molecular weight excluding hydrogens is 100 g/mol. The molecule has 46 valence electrons. The Morgan fingerprint density at radius 3 is 2.75 bits per heavy atom. The maximum atomic E-state index is 5.65. The van der Waals surface area contributed by atoms with E-state index in [1.165, 1.54) is 0 Å². The standard InChI is InChI=1S/C7H12O/c1-6-3-4-8-7(2)5-6/h1,6-7H,3-5H2,2H3. The van der Waals surface area contributed by atoms with Gasteiger partial charge in [-0.25, -0.2) is 0 Å². The van der Waals surface area contributed by atoms with Crippen molar-refractivity contribution in [2.45, 2.75) is 25.9 Å². The van der Waals surface area contributed by atoms with Gasteiger partial charge in [0, 0.05) is 6.61 Å². The van der Waals surface area contributed by atoms with Crippen LogP contribution < -0.4 is 0 Å². The Morgan fingerprint density at radius 1 is 1.62 bits per heavy atom. The molecule has 2 radical (unpaired) electrons. The van der Waals surface area contributed by atoms with E-state index < -0.39 is 0 Å². The second kappa shape index (κ2) is 2.49. The summed E-state index contributed by atoms with van der Waals surface area (Å²) < 4.78 is 5.27. The summed E-state index contributed by atoms with van der Waals surface area (Å²) in [7, 11) is 0. The van der Waals surface area contributed by atoms with Crippen LogP contribution in [-0.2, 0) is 4.74 Å². The smallest absolute Gasteiger partial charge is 0.0549 e. The van der Waals surface area contributed by atoms with Gasteiger partial charge in [0.1, 0.15) is 0 Å². The lowest BCUT2D eigenvalue weighted by Crippen LogP contribution is -2.20. The van der Waals surface area contributed by atoms with Crippen molar-refractivity contribution >= 4 is 0 Å². The Labute approximate surface area is 51.0 Å². The zero-order chi connectivity index (χ0) is 5.98. The Kier molecular flexibility index (Phi) is 1.90. The van der Waals surface area contributed by atoms with Crippen LogP contribution in [0.25, 0.3) is 0 Å². The lowest BCUT2D eigenvalue weighted by atomic mass is 9.99. The normalized spacial score (nSPS) is 39.8. The number of ether oxygens (including phenoxy) is 1. The average Bonchev–Trinajstić information content (AvgIpc) is 1.64. The molecule has 1 aliphatic heterocycles. The van der Waals surface area contributed by atoms with Gasteiger partial charge in [-0.05, 0) is 32.6 Å². The van der Waals surface area contributed by atoms with Crippen LogP contribution in [0.5, 0.6) is 0 Å². The lowest BCUT2D eigenvalue weighted by Gasteiger charge is -2.23. The topological polar surface area (TPSA) is 9.23 Å². The lowest BCUT2D eigenvalue weighted by molar-refractivity contribution is 0.0120. The fraction of sp³-hybridized carbons (Fsp3) is 0.857. The van der Waals surface area contributed by atoms with Gasteiger partial charge in [0.25, 0.3) is 0 Å². The molecule has 0 bridgehead atoms. The first kappa shape index (κ1) is 6.09. The summed E-state index contributed by atoms with van der Waals surface area (Å²) >= 11 is 0. The predicted molar refractivity (Wildman–Crippen MR) is 32.4 cm³/mol. The predicted octanol–water partition coefficient (Wildman–Crippen LogP) is 1.51. The van der Waals surface area contributed by atoms with Gasteiger partial charge in [-0.3, -0.25) is 0 Å². The minimum Gasteiger partial charge on any atom is -0.378 e. The van der Waals surface area contributed by atoms with Crippen molar-refractivity contribution < 1.29 is 4.74 Å². The van der Waals surface area contributed by atoms with Gasteiger partial charge in [-0.2, -0.15) is 0 Å². The Morgan fingerprint density at radius 2 is 2.38 bits per heavy atom. The number of hydrogen-bond acceptors (Lipinski definition) is 1. The van der Waals surface area contributed by atoms with Crippen molar-refractivity contribution in [1.82, 2.24) is 0 Å². The van der Waals surface area contributed by atoms with Gasteiger partial charge >= 0.3 is 0 Å². The molecule has 2 unspecified atom stereocenters. The molecule has 0 spiro atoms. The quantitative estimate of drug-likeness (QED) is 0.461. The molecule has 0 aromatic heterocycles. The first-order chi connectivity index (χ1) is 3.79. The van der Waals surface area contributed by atoms with Crippen LogP contribution in [0.15, 0.2) is 0 Å². The molecule has 2 atom stereocenters. The van der Waals surface area contributed by atoms with Gasteiger partial charge in [-0.15, -0.1) is 0 Å². The number of hydrogen-bond donors (Lipinski definition) is 0. The van der Waals surface area contributed by atoms with Crippen LogP contribution >= 0.6 is 0 Å². The molecule has 0 saturated carbocycles. The minimum atomic E-state index is 0.388. The highest BCUT2D eigenvalue weighted by molar-refractivity contribution is 4.69. The molecule has 1 heterocycles. The largest absolute Gasteiger partial charge is 0.378 e. The van der Waals surface area contributed by atoms with Crippen LogP contribution in [0.1, 0.15) is 19.8 Å². The second-order valence-corrected chi connectivity index (χ2v) is 2.47. The van der Waals surface area contributed by atoms with Crippen LogP contribution in [-0.4, -0.2) is 12.7 Å². The maximum absolute atomic E-state index is 5.65. The van der Waals surface area contributed by atoms with E-state index in [-0.39, 0.29) is 0 Å². The van der Waals surface area contributed by atoms with Gasteiger partial charge in [-0.1, -0.05) is 0 Å². The molecule has 1 rings (SSSR count). The molecule has 0 N–H and O–H groups in total. The van der Waals surface area contributed by atoms with E-state index in [1.807, 2.05) is 0 Å². The molecular formula is C7H12O. The average molecular weight is 112 g/mol. The summed E-state index contributed by atoms with van der Waals surface area (Å²) in [5.41, 5.74) is 0. The van der Waals surface area contributed by atoms with Gasteiger partial charge in [0.2, 0.25) is 0 Å². The molecule has 1 aliphatic rings. The number of rotatable bonds is 0. The molecule has 1 heteroatoms. The molecule has 0 aliphatic carbocycles. The highest BCUT2D eigenvalue weighted by Gasteiger charge is 2.14. The van der Waals surface area contributed by atoms with Crippen molar-refractivity contribution in [2.24, 2.45) is 5.92 Å². The third-order valence-corrected chi connectivity index (χ3v) is 1.53. The fourth-order valence-corrected chi connectivity index (χ4v) is 1.03. The van der Waals surface area contributed by atoms with E-state index in [4.69, 9.17) is 11.7 Å². The minimum absolute atomic E-state index is 0.388. The zero-order valence-corrected chi connectivity index (χ0v) is 5.26. The monoisotopic (exact) mass is 112 g/mol. The molecule has 0 amide bonds. The summed E-state index contributed by atoms with van der Waals surface area (Å²) in [6, 6.07) is 0. The van der Waals surface area contributed by atoms with E-state index in [2.05, 4.69) is 6.92 Å². The van der Waals surface area contributed by atoms with Crippen LogP contribution in [0.2, 0.25) is 0 Å². The SMILES string of the molecule is [CH]C1CCOC(C)C1. The highest BCUT2D eigenvalue weighted by Crippen LogP contribution is 2.17. The molecule has 0 aromatic carbocycles. The van der Waals surface area contributed by atoms with Crippen molar-refractivity contribution in [2.75, 3.05) is 6.61 Å². The van der Waals surface area contributed by atoms with Gasteiger partial charge < -0.3 is 4.74 Å². The van der Waals surface area contributed by atoms with Gasteiger partial charge in [0.05, 0.1) is 6.10 Å². The van der Waals surface area contributed by atoms with E-state index in [9.17, 15) is 0 Å². The summed E-state index contributed by atoms with van der Waals surface area (Å²) in [6.07, 6.45) is 2.45. The third-order valence-electron chi connectivity index (χ3n) is 1.53. The fourth-order valence-electron chi connectivity index (χ4n) is 1.03. The first-order valence-electron chi connectivity index (χ1n) is 3.16. The van der Waals surface area contributed by atoms with E-state index in [0.29, 0.717) is 12.0 Å².